The average Bonchev–Trinajstić information content (AvgIpc) is 3.14. The van der Waals surface area contributed by atoms with Crippen molar-refractivity contribution in [2.24, 2.45) is 5.92 Å². The van der Waals surface area contributed by atoms with E-state index < -0.39 is 5.97 Å². The number of hydrogen-bond donors (Lipinski definition) is 2. The first kappa shape index (κ1) is 13.0. The zero-order valence-corrected chi connectivity index (χ0v) is 9.42. The molecule has 0 aliphatic heterocycles. The summed E-state index contributed by atoms with van der Waals surface area (Å²) in [5.41, 5.74) is 0.486. The fraction of sp³-hybridized carbons (Fsp3) is 0.333. The van der Waals surface area contributed by atoms with Gasteiger partial charge in [-0.2, -0.15) is 0 Å². The minimum Gasteiger partial charge on any atom is -0.504 e. The maximum atomic E-state index is 10.2. The van der Waals surface area contributed by atoms with E-state index in [1.54, 1.807) is 0 Å². The van der Waals surface area contributed by atoms with E-state index in [0.29, 0.717) is 17.6 Å². The van der Waals surface area contributed by atoms with Gasteiger partial charge in [0.25, 0.3) is 0 Å². The number of benzene rings is 1. The smallest absolute Gasteiger partial charge is 0.306 e. The quantitative estimate of drug-likeness (QED) is 0.783. The van der Waals surface area contributed by atoms with Crippen LogP contribution in [0, 0.1) is 5.92 Å². The Morgan fingerprint density at radius 3 is 2.47 bits per heavy atom. The van der Waals surface area contributed by atoms with Crippen molar-refractivity contribution < 1.29 is 24.5 Å². The predicted octanol–water partition coefficient (Wildman–Crippen LogP) is 1.69. The zero-order chi connectivity index (χ0) is 12.8. The third-order valence-electron chi connectivity index (χ3n) is 2.27. The second-order valence-corrected chi connectivity index (χ2v) is 3.66. The standard InChI is InChI=1S/C8H8O3.C4H6O2/c1-11-8-4-6(5-9)2-3-7(8)10;5-4(6)3-1-2-3/h2-5,10H,1H3;3H,1-2H2,(H,5,6). The molecule has 0 amide bonds. The van der Waals surface area contributed by atoms with Gasteiger partial charge in [-0.1, -0.05) is 0 Å². The first-order valence-electron chi connectivity index (χ1n) is 5.13. The Balaban J connectivity index is 0.000000202. The first-order chi connectivity index (χ1) is 8.08. The molecule has 2 rings (SSSR count). The topological polar surface area (TPSA) is 83.8 Å². The molecule has 1 aromatic carbocycles. The largest absolute Gasteiger partial charge is 0.504 e. The van der Waals surface area contributed by atoms with E-state index in [0.717, 1.165) is 12.8 Å². The molecule has 0 unspecified atom stereocenters. The minimum absolute atomic E-state index is 0.0185. The molecule has 0 heterocycles. The maximum absolute atomic E-state index is 10.2. The third kappa shape index (κ3) is 4.14. The molecule has 0 aromatic heterocycles. The summed E-state index contributed by atoms with van der Waals surface area (Å²) in [7, 11) is 1.43. The van der Waals surface area contributed by atoms with Gasteiger partial charge in [0.2, 0.25) is 0 Å². The number of rotatable bonds is 3. The number of carbonyl (C=O) groups excluding carboxylic acids is 1. The molecular weight excluding hydrogens is 224 g/mol. The highest BCUT2D eigenvalue weighted by Gasteiger charge is 2.28. The summed E-state index contributed by atoms with van der Waals surface area (Å²) in [6.07, 6.45) is 2.49. The van der Waals surface area contributed by atoms with Crippen LogP contribution in [0.15, 0.2) is 18.2 Å². The lowest BCUT2D eigenvalue weighted by molar-refractivity contribution is -0.138. The highest BCUT2D eigenvalue weighted by Crippen LogP contribution is 2.28. The monoisotopic (exact) mass is 238 g/mol. The molecule has 92 valence electrons. The highest BCUT2D eigenvalue weighted by molar-refractivity contribution is 5.76. The molecule has 5 heteroatoms. The molecule has 0 radical (unpaired) electrons. The number of methoxy groups -OCH3 is 1. The van der Waals surface area contributed by atoms with Crippen molar-refractivity contribution in [2.45, 2.75) is 12.8 Å². The van der Waals surface area contributed by atoms with Gasteiger partial charge in [0.05, 0.1) is 13.0 Å². The predicted molar refractivity (Wildman–Crippen MR) is 60.4 cm³/mol. The lowest BCUT2D eigenvalue weighted by atomic mass is 10.2. The van der Waals surface area contributed by atoms with Crippen molar-refractivity contribution in [1.29, 1.82) is 0 Å². The summed E-state index contributed by atoms with van der Waals surface area (Å²) in [6, 6.07) is 4.41. The van der Waals surface area contributed by atoms with Crippen molar-refractivity contribution in [3.05, 3.63) is 23.8 Å². The number of aromatic hydroxyl groups is 1. The molecule has 0 spiro atoms. The molecule has 1 aliphatic carbocycles. The molecule has 0 atom stereocenters. The van der Waals surface area contributed by atoms with Crippen LogP contribution in [-0.2, 0) is 4.79 Å². The fourth-order valence-corrected chi connectivity index (χ4v) is 1.10. The van der Waals surface area contributed by atoms with E-state index in [1.165, 1.54) is 25.3 Å². The van der Waals surface area contributed by atoms with Gasteiger partial charge in [-0.15, -0.1) is 0 Å². The zero-order valence-electron chi connectivity index (χ0n) is 9.42. The van der Waals surface area contributed by atoms with Crippen molar-refractivity contribution >= 4 is 12.3 Å². The Labute approximate surface area is 98.6 Å². The van der Waals surface area contributed by atoms with Crippen LogP contribution >= 0.6 is 0 Å². The Kier molecular flexibility index (Phi) is 4.51. The van der Waals surface area contributed by atoms with Crippen LogP contribution in [0.4, 0.5) is 0 Å². The molecule has 0 saturated heterocycles. The number of aldehydes is 1. The third-order valence-corrected chi connectivity index (χ3v) is 2.27. The lowest BCUT2D eigenvalue weighted by Gasteiger charge is -2.01. The maximum Gasteiger partial charge on any atom is 0.306 e. The molecule has 2 N–H and O–H groups in total. The number of phenols is 1. The summed E-state index contributed by atoms with van der Waals surface area (Å²) in [6.45, 7) is 0. The Morgan fingerprint density at radius 2 is 2.12 bits per heavy atom. The number of carboxylic acid groups (broad SMARTS) is 1. The van der Waals surface area contributed by atoms with E-state index in [4.69, 9.17) is 14.9 Å². The summed E-state index contributed by atoms with van der Waals surface area (Å²) < 4.78 is 4.78. The van der Waals surface area contributed by atoms with E-state index >= 15 is 0 Å². The van der Waals surface area contributed by atoms with Gasteiger partial charge in [-0.25, -0.2) is 0 Å². The first-order valence-corrected chi connectivity index (χ1v) is 5.13. The van der Waals surface area contributed by atoms with Gasteiger partial charge in [-0.05, 0) is 31.0 Å². The summed E-state index contributed by atoms with van der Waals surface area (Å²) in [5, 5.41) is 17.1. The van der Waals surface area contributed by atoms with Crippen LogP contribution in [0.1, 0.15) is 23.2 Å². The van der Waals surface area contributed by atoms with Crippen LogP contribution in [0.5, 0.6) is 11.5 Å². The molecule has 0 bridgehead atoms. The Hall–Kier alpha value is -2.04. The van der Waals surface area contributed by atoms with Crippen LogP contribution in [0.2, 0.25) is 0 Å². The van der Waals surface area contributed by atoms with E-state index in [9.17, 15) is 9.59 Å². The molecular formula is C12H14O5. The Bertz CT molecular complexity index is 409. The number of ether oxygens (including phenoxy) is 1. The van der Waals surface area contributed by atoms with Crippen molar-refractivity contribution in [3.8, 4) is 11.5 Å². The lowest BCUT2D eigenvalue weighted by Crippen LogP contribution is -1.94. The van der Waals surface area contributed by atoms with E-state index in [1.807, 2.05) is 0 Å². The number of aliphatic carboxylic acids is 1. The second-order valence-electron chi connectivity index (χ2n) is 3.66. The van der Waals surface area contributed by atoms with Gasteiger partial charge in [0.15, 0.2) is 11.5 Å². The van der Waals surface area contributed by atoms with E-state index in [-0.39, 0.29) is 11.7 Å². The van der Waals surface area contributed by atoms with Crippen molar-refractivity contribution in [3.63, 3.8) is 0 Å². The second kappa shape index (κ2) is 5.89. The minimum atomic E-state index is -0.630. The summed E-state index contributed by atoms with van der Waals surface area (Å²) >= 11 is 0. The fourth-order valence-electron chi connectivity index (χ4n) is 1.10. The number of carboxylic acids is 1. The van der Waals surface area contributed by atoms with Gasteiger partial charge in [0, 0.05) is 5.56 Å². The summed E-state index contributed by atoms with van der Waals surface area (Å²) in [5.74, 6) is -0.257. The SMILES string of the molecule is COc1cc(C=O)ccc1O.O=C(O)C1CC1. The highest BCUT2D eigenvalue weighted by atomic mass is 16.5. The molecule has 17 heavy (non-hydrogen) atoms. The Morgan fingerprint density at radius 1 is 1.47 bits per heavy atom. The van der Waals surface area contributed by atoms with Crippen molar-refractivity contribution in [1.82, 2.24) is 0 Å². The number of phenolic OH excluding ortho intramolecular Hbond substituents is 1. The van der Waals surface area contributed by atoms with Gasteiger partial charge >= 0.3 is 5.97 Å². The average molecular weight is 238 g/mol. The normalized spacial score (nSPS) is 13.2. The molecule has 1 aliphatic rings. The van der Waals surface area contributed by atoms with Crippen LogP contribution in [-0.4, -0.2) is 29.6 Å². The van der Waals surface area contributed by atoms with Crippen molar-refractivity contribution in [2.75, 3.05) is 7.11 Å². The number of carbonyl (C=O) groups is 2. The molecule has 5 nitrogen and oxygen atoms in total. The summed E-state index contributed by atoms with van der Waals surface area (Å²) in [4.78, 5) is 20.0. The van der Waals surface area contributed by atoms with E-state index in [2.05, 4.69) is 0 Å². The molecule has 1 fully saturated rings. The molecule has 1 saturated carbocycles. The van der Waals surface area contributed by atoms with Crippen LogP contribution in [0.3, 0.4) is 0 Å². The van der Waals surface area contributed by atoms with Crippen LogP contribution in [0.25, 0.3) is 0 Å². The van der Waals surface area contributed by atoms with Gasteiger partial charge < -0.3 is 14.9 Å². The van der Waals surface area contributed by atoms with Crippen LogP contribution < -0.4 is 4.74 Å². The number of hydrogen-bond acceptors (Lipinski definition) is 4. The van der Waals surface area contributed by atoms with Gasteiger partial charge in [-0.3, -0.25) is 9.59 Å². The van der Waals surface area contributed by atoms with Gasteiger partial charge in [0.1, 0.15) is 6.29 Å². The molecule has 1 aromatic rings.